The molecule has 0 aliphatic rings. The van der Waals surface area contributed by atoms with Gasteiger partial charge in [-0.3, -0.25) is 9.59 Å². The summed E-state index contributed by atoms with van der Waals surface area (Å²) in [4.78, 5) is 23.0. The van der Waals surface area contributed by atoms with Crippen molar-refractivity contribution in [2.24, 2.45) is 5.73 Å². The van der Waals surface area contributed by atoms with Gasteiger partial charge in [-0.2, -0.15) is 0 Å². The number of primary amides is 1. The minimum Gasteiger partial charge on any atom is -0.411 e. The quantitative estimate of drug-likeness (QED) is 0.583. The van der Waals surface area contributed by atoms with Crippen molar-refractivity contribution in [3.63, 3.8) is 0 Å². The highest BCUT2D eigenvalue weighted by Crippen LogP contribution is 2.13. The summed E-state index contributed by atoms with van der Waals surface area (Å²) < 4.78 is 4.40. The highest BCUT2D eigenvalue weighted by molar-refractivity contribution is 5.95. The minimum atomic E-state index is -0.636. The predicted molar refractivity (Wildman–Crippen MR) is 36.0 cm³/mol. The maximum absolute atomic E-state index is 10.6. The fraction of sp³-hybridized carbons (Fsp3) is 0. The molecule has 1 amide bonds. The molecule has 0 aromatic carbocycles. The Balaban J connectivity index is 2.95. The average Bonchev–Trinajstić information content (AvgIpc) is 2.36. The van der Waals surface area contributed by atoms with Gasteiger partial charge in [0.2, 0.25) is 5.88 Å². The Hall–Kier alpha value is -1.78. The standard InChI is InChI=1S/C6H6N2O3/c7-5(10)4-1-2-8-6(4)11-3-9/h1-3,8H,(H2,7,10). The smallest absolute Gasteiger partial charge is 0.299 e. The van der Waals surface area contributed by atoms with Crippen molar-refractivity contribution in [1.29, 1.82) is 0 Å². The van der Waals surface area contributed by atoms with Crippen LogP contribution in [0.2, 0.25) is 0 Å². The van der Waals surface area contributed by atoms with Gasteiger partial charge >= 0.3 is 0 Å². The van der Waals surface area contributed by atoms with Gasteiger partial charge in [-0.05, 0) is 6.07 Å². The second-order valence-corrected chi connectivity index (χ2v) is 1.80. The van der Waals surface area contributed by atoms with Crippen LogP contribution in [0.4, 0.5) is 0 Å². The topological polar surface area (TPSA) is 85.2 Å². The Bertz CT molecular complexity index is 279. The lowest BCUT2D eigenvalue weighted by atomic mass is 10.3. The summed E-state index contributed by atoms with van der Waals surface area (Å²) in [6, 6.07) is 1.43. The van der Waals surface area contributed by atoms with Crippen LogP contribution in [0.25, 0.3) is 0 Å². The fourth-order valence-electron chi connectivity index (χ4n) is 0.694. The first-order valence-electron chi connectivity index (χ1n) is 2.83. The Morgan fingerprint density at radius 2 is 2.45 bits per heavy atom. The summed E-state index contributed by atoms with van der Waals surface area (Å²) in [7, 11) is 0. The summed E-state index contributed by atoms with van der Waals surface area (Å²) in [6.45, 7) is 0.221. The minimum absolute atomic E-state index is 0.0764. The molecule has 1 aromatic rings. The lowest BCUT2D eigenvalue weighted by molar-refractivity contribution is -0.120. The van der Waals surface area contributed by atoms with Crippen LogP contribution < -0.4 is 10.5 Å². The third-order valence-electron chi connectivity index (χ3n) is 1.14. The van der Waals surface area contributed by atoms with Gasteiger partial charge in [-0.1, -0.05) is 0 Å². The van der Waals surface area contributed by atoms with Gasteiger partial charge in [0, 0.05) is 6.20 Å². The van der Waals surface area contributed by atoms with Crippen LogP contribution in [0.15, 0.2) is 12.3 Å². The molecule has 1 heterocycles. The molecule has 1 aromatic heterocycles. The van der Waals surface area contributed by atoms with Crippen LogP contribution in [0.3, 0.4) is 0 Å². The molecule has 0 saturated heterocycles. The molecule has 0 aliphatic carbocycles. The largest absolute Gasteiger partial charge is 0.411 e. The molecule has 0 radical (unpaired) electrons. The Morgan fingerprint density at radius 1 is 1.73 bits per heavy atom. The number of aromatic nitrogens is 1. The summed E-state index contributed by atoms with van der Waals surface area (Å²) in [5.41, 5.74) is 5.10. The number of nitrogens with one attached hydrogen (secondary N) is 1. The maximum atomic E-state index is 10.6. The van der Waals surface area contributed by atoms with E-state index >= 15 is 0 Å². The van der Waals surface area contributed by atoms with Gasteiger partial charge < -0.3 is 15.5 Å². The number of carbonyl (C=O) groups excluding carboxylic acids is 2. The van der Waals surface area contributed by atoms with E-state index in [1.807, 2.05) is 0 Å². The van der Waals surface area contributed by atoms with Gasteiger partial charge in [0.05, 0.1) is 0 Å². The van der Waals surface area contributed by atoms with E-state index in [4.69, 9.17) is 5.73 Å². The van der Waals surface area contributed by atoms with E-state index in [1.165, 1.54) is 12.3 Å². The number of H-pyrrole nitrogens is 1. The zero-order valence-electron chi connectivity index (χ0n) is 5.53. The highest BCUT2D eigenvalue weighted by atomic mass is 16.5. The normalized spacial score (nSPS) is 9.09. The van der Waals surface area contributed by atoms with Crippen molar-refractivity contribution < 1.29 is 14.3 Å². The van der Waals surface area contributed by atoms with Crippen LogP contribution >= 0.6 is 0 Å². The van der Waals surface area contributed by atoms with Crippen LogP contribution in [0, 0.1) is 0 Å². The van der Waals surface area contributed by atoms with Crippen LogP contribution in [0.5, 0.6) is 5.88 Å². The molecular weight excluding hydrogens is 148 g/mol. The first-order chi connectivity index (χ1) is 5.25. The number of aromatic amines is 1. The van der Waals surface area contributed by atoms with Gasteiger partial charge in [0.1, 0.15) is 5.56 Å². The van der Waals surface area contributed by atoms with Crippen molar-refractivity contribution in [1.82, 2.24) is 4.98 Å². The van der Waals surface area contributed by atoms with E-state index in [9.17, 15) is 9.59 Å². The van der Waals surface area contributed by atoms with E-state index in [0.29, 0.717) is 0 Å². The molecule has 0 atom stereocenters. The van der Waals surface area contributed by atoms with E-state index in [0.717, 1.165) is 0 Å². The van der Waals surface area contributed by atoms with Crippen LogP contribution in [0.1, 0.15) is 10.4 Å². The summed E-state index contributed by atoms with van der Waals surface area (Å²) in [6.07, 6.45) is 1.46. The van der Waals surface area contributed by atoms with Crippen molar-refractivity contribution >= 4 is 12.4 Å². The molecule has 5 heteroatoms. The number of hydrogen-bond donors (Lipinski definition) is 2. The molecular formula is C6H6N2O3. The second kappa shape index (κ2) is 2.87. The number of ether oxygens (including phenoxy) is 1. The van der Waals surface area contributed by atoms with Crippen LogP contribution in [-0.4, -0.2) is 17.4 Å². The monoisotopic (exact) mass is 154 g/mol. The zero-order chi connectivity index (χ0) is 8.27. The number of nitrogens with two attached hydrogens (primary N) is 1. The molecule has 0 aliphatic heterocycles. The van der Waals surface area contributed by atoms with Crippen molar-refractivity contribution in [3.8, 4) is 5.88 Å². The van der Waals surface area contributed by atoms with Crippen molar-refractivity contribution in [2.75, 3.05) is 0 Å². The lowest BCUT2D eigenvalue weighted by Gasteiger charge is -1.94. The highest BCUT2D eigenvalue weighted by Gasteiger charge is 2.09. The molecule has 0 fully saturated rings. The number of amides is 1. The maximum Gasteiger partial charge on any atom is 0.299 e. The van der Waals surface area contributed by atoms with E-state index in [2.05, 4.69) is 9.72 Å². The van der Waals surface area contributed by atoms with Gasteiger partial charge in [-0.25, -0.2) is 0 Å². The molecule has 3 N–H and O–H groups in total. The SMILES string of the molecule is NC(=O)c1cc[nH]c1OC=O. The first-order valence-corrected chi connectivity index (χ1v) is 2.83. The van der Waals surface area contributed by atoms with Gasteiger partial charge in [0.25, 0.3) is 12.4 Å². The van der Waals surface area contributed by atoms with Crippen LogP contribution in [-0.2, 0) is 4.79 Å². The van der Waals surface area contributed by atoms with Crippen molar-refractivity contribution in [2.45, 2.75) is 0 Å². The summed E-state index contributed by atoms with van der Waals surface area (Å²) >= 11 is 0. The Morgan fingerprint density at radius 3 is 3.00 bits per heavy atom. The van der Waals surface area contributed by atoms with E-state index in [1.54, 1.807) is 0 Å². The Kier molecular flexibility index (Phi) is 1.91. The third-order valence-corrected chi connectivity index (χ3v) is 1.14. The number of carbonyl (C=O) groups is 2. The molecule has 0 unspecified atom stereocenters. The molecule has 0 saturated carbocycles. The predicted octanol–water partition coefficient (Wildman–Crippen LogP) is -0.351. The lowest BCUT2D eigenvalue weighted by Crippen LogP contribution is -2.11. The molecule has 11 heavy (non-hydrogen) atoms. The van der Waals surface area contributed by atoms with E-state index < -0.39 is 5.91 Å². The molecule has 1 rings (SSSR count). The van der Waals surface area contributed by atoms with E-state index in [-0.39, 0.29) is 17.9 Å². The molecule has 58 valence electrons. The molecule has 0 bridgehead atoms. The number of rotatable bonds is 3. The average molecular weight is 154 g/mol. The van der Waals surface area contributed by atoms with Gasteiger partial charge in [-0.15, -0.1) is 0 Å². The molecule has 0 spiro atoms. The summed E-state index contributed by atoms with van der Waals surface area (Å²) in [5.74, 6) is -0.560. The zero-order valence-corrected chi connectivity index (χ0v) is 5.53. The summed E-state index contributed by atoms with van der Waals surface area (Å²) in [5, 5.41) is 0. The fourth-order valence-corrected chi connectivity index (χ4v) is 0.694. The first kappa shape index (κ1) is 7.33. The third kappa shape index (κ3) is 1.37. The van der Waals surface area contributed by atoms with Crippen molar-refractivity contribution in [3.05, 3.63) is 17.8 Å². The van der Waals surface area contributed by atoms with Gasteiger partial charge in [0.15, 0.2) is 0 Å². The Labute approximate surface area is 62.1 Å². The second-order valence-electron chi connectivity index (χ2n) is 1.80. The number of hydrogen-bond acceptors (Lipinski definition) is 3. The molecule has 5 nitrogen and oxygen atoms in total.